The summed E-state index contributed by atoms with van der Waals surface area (Å²) in [5, 5.41) is 0. The molecular formula is C18H27NO4. The van der Waals surface area contributed by atoms with Crippen LogP contribution in [0.15, 0.2) is 4.99 Å². The van der Waals surface area contributed by atoms with Crippen molar-refractivity contribution in [3.63, 3.8) is 0 Å². The van der Waals surface area contributed by atoms with Gasteiger partial charge in [0.25, 0.3) is 0 Å². The molecule has 0 aromatic carbocycles. The predicted octanol–water partition coefficient (Wildman–Crippen LogP) is 3.29. The molecule has 0 aromatic heterocycles. The van der Waals surface area contributed by atoms with Gasteiger partial charge < -0.3 is 9.47 Å². The predicted molar refractivity (Wildman–Crippen MR) is 83.4 cm³/mol. The Balaban J connectivity index is 1.69. The number of nitrogens with zero attached hydrogens (tertiary/aromatic N) is 1. The number of aliphatic imine (C=N–C) groups is 1. The molecule has 0 aromatic rings. The first-order valence-corrected chi connectivity index (χ1v) is 9.21. The van der Waals surface area contributed by atoms with E-state index in [1.807, 2.05) is 6.92 Å². The van der Waals surface area contributed by atoms with Gasteiger partial charge in [-0.25, -0.2) is 9.78 Å². The van der Waals surface area contributed by atoms with Crippen molar-refractivity contribution in [2.24, 2.45) is 33.6 Å². The number of hydrogen-bond donors (Lipinski definition) is 0. The topological polar surface area (TPSA) is 49.3 Å². The number of fused-ring (bicyclic) bond motifs is 2. The minimum absolute atomic E-state index is 0.0646. The molecular weight excluding hydrogens is 294 g/mol. The Kier molecular flexibility index (Phi) is 2.74. The van der Waals surface area contributed by atoms with E-state index in [0.717, 1.165) is 31.7 Å². The molecule has 0 amide bonds. The summed E-state index contributed by atoms with van der Waals surface area (Å²) in [7, 11) is 0. The van der Waals surface area contributed by atoms with Crippen LogP contribution in [0, 0.1) is 28.6 Å². The summed E-state index contributed by atoms with van der Waals surface area (Å²) in [6.07, 6.45) is 4.29. The number of hydrogen-bond acceptors (Lipinski definition) is 5. The van der Waals surface area contributed by atoms with E-state index in [9.17, 15) is 0 Å². The van der Waals surface area contributed by atoms with Crippen molar-refractivity contribution >= 4 is 5.90 Å². The Morgan fingerprint density at radius 2 is 2.00 bits per heavy atom. The summed E-state index contributed by atoms with van der Waals surface area (Å²) in [6.45, 7) is 9.42. The van der Waals surface area contributed by atoms with E-state index in [0.29, 0.717) is 11.8 Å². The van der Waals surface area contributed by atoms with Gasteiger partial charge in [0.2, 0.25) is 12.1 Å². The molecule has 5 aliphatic rings. The van der Waals surface area contributed by atoms with E-state index in [-0.39, 0.29) is 29.1 Å². The summed E-state index contributed by atoms with van der Waals surface area (Å²) in [5.41, 5.74) is 0.207. The molecule has 23 heavy (non-hydrogen) atoms. The second-order valence-corrected chi connectivity index (χ2v) is 8.47. The lowest BCUT2D eigenvalue weighted by atomic mass is 9.31. The standard InChI is InChI=1S/C18H27NO4/c1-5-19-13-11(3)18-7-6-10(2)17-9-8-16(4,23-22-15(17)18)21-14(20-13)12(17)18/h10-12,14-15H,5-9H2,1-4H3/b19-13+. The third kappa shape index (κ3) is 1.45. The summed E-state index contributed by atoms with van der Waals surface area (Å²) >= 11 is 0. The lowest BCUT2D eigenvalue weighted by Crippen LogP contribution is -2.81. The maximum absolute atomic E-state index is 6.34. The van der Waals surface area contributed by atoms with Gasteiger partial charge >= 0.3 is 0 Å². The van der Waals surface area contributed by atoms with Crippen LogP contribution in [0.25, 0.3) is 0 Å². The Bertz CT molecular complexity index is 579. The van der Waals surface area contributed by atoms with Gasteiger partial charge in [-0.05, 0) is 39.0 Å². The molecule has 3 saturated heterocycles. The largest absolute Gasteiger partial charge is 0.451 e. The Morgan fingerprint density at radius 3 is 2.78 bits per heavy atom. The first-order chi connectivity index (χ1) is 11.0. The fraction of sp³-hybridized carbons (Fsp3) is 0.944. The van der Waals surface area contributed by atoms with Gasteiger partial charge in [0, 0.05) is 35.6 Å². The van der Waals surface area contributed by atoms with Gasteiger partial charge in [-0.15, -0.1) is 0 Å². The molecule has 2 saturated carbocycles. The van der Waals surface area contributed by atoms with Crippen molar-refractivity contribution in [2.45, 2.75) is 71.6 Å². The highest BCUT2D eigenvalue weighted by molar-refractivity contribution is 5.81. The van der Waals surface area contributed by atoms with E-state index in [4.69, 9.17) is 19.2 Å². The SMILES string of the molecule is CC/N=C1/OC2OC3(C)CCC45C(C)CCC(C1C)(C4OO3)C25. The van der Waals surface area contributed by atoms with Crippen LogP contribution in [0.2, 0.25) is 0 Å². The summed E-state index contributed by atoms with van der Waals surface area (Å²) in [6, 6.07) is 0. The fourth-order valence-electron chi connectivity index (χ4n) is 6.65. The fourth-order valence-corrected chi connectivity index (χ4v) is 6.65. The van der Waals surface area contributed by atoms with Gasteiger partial charge in [-0.2, -0.15) is 0 Å². The second kappa shape index (κ2) is 4.30. The summed E-state index contributed by atoms with van der Waals surface area (Å²) < 4.78 is 12.6. The quantitative estimate of drug-likeness (QED) is 0.695. The van der Waals surface area contributed by atoms with Crippen molar-refractivity contribution in [3.8, 4) is 0 Å². The molecule has 5 fully saturated rings. The zero-order chi connectivity index (χ0) is 16.0. The van der Waals surface area contributed by atoms with Crippen LogP contribution in [-0.2, 0) is 19.2 Å². The van der Waals surface area contributed by atoms with Crippen molar-refractivity contribution in [2.75, 3.05) is 6.54 Å². The number of rotatable bonds is 1. The third-order valence-electron chi connectivity index (χ3n) is 7.76. The molecule has 8 atom stereocenters. The minimum atomic E-state index is -0.701. The molecule has 5 nitrogen and oxygen atoms in total. The van der Waals surface area contributed by atoms with Crippen LogP contribution in [0.3, 0.4) is 0 Å². The van der Waals surface area contributed by atoms with Crippen LogP contribution in [0.5, 0.6) is 0 Å². The van der Waals surface area contributed by atoms with Crippen molar-refractivity contribution in [1.29, 1.82) is 0 Å². The van der Waals surface area contributed by atoms with Gasteiger partial charge in [-0.1, -0.05) is 13.8 Å². The van der Waals surface area contributed by atoms with E-state index in [1.165, 1.54) is 6.42 Å². The van der Waals surface area contributed by atoms with Crippen LogP contribution < -0.4 is 0 Å². The van der Waals surface area contributed by atoms with E-state index < -0.39 is 5.79 Å². The van der Waals surface area contributed by atoms with Gasteiger partial charge in [0.05, 0.1) is 0 Å². The van der Waals surface area contributed by atoms with Crippen LogP contribution in [0.1, 0.15) is 53.4 Å². The average molecular weight is 321 g/mol. The first kappa shape index (κ1) is 14.7. The maximum atomic E-state index is 6.34. The minimum Gasteiger partial charge on any atom is -0.451 e. The zero-order valence-corrected chi connectivity index (χ0v) is 14.5. The van der Waals surface area contributed by atoms with E-state index >= 15 is 0 Å². The summed E-state index contributed by atoms with van der Waals surface area (Å²) in [5.74, 6) is 1.45. The molecule has 5 rings (SSSR count). The molecule has 2 spiro atoms. The molecule has 128 valence electrons. The van der Waals surface area contributed by atoms with E-state index in [1.54, 1.807) is 0 Å². The van der Waals surface area contributed by atoms with Crippen molar-refractivity contribution < 1.29 is 19.2 Å². The lowest BCUT2D eigenvalue weighted by molar-refractivity contribution is -0.540. The molecule has 5 heteroatoms. The monoisotopic (exact) mass is 321 g/mol. The van der Waals surface area contributed by atoms with Crippen LogP contribution >= 0.6 is 0 Å². The second-order valence-electron chi connectivity index (χ2n) is 8.47. The summed E-state index contributed by atoms with van der Waals surface area (Å²) in [4.78, 5) is 16.6. The molecule has 0 N–H and O–H groups in total. The smallest absolute Gasteiger partial charge is 0.208 e. The Labute approximate surface area is 137 Å². The van der Waals surface area contributed by atoms with E-state index in [2.05, 4.69) is 25.8 Å². The molecule has 3 aliphatic heterocycles. The molecule has 3 bridgehead atoms. The van der Waals surface area contributed by atoms with Crippen molar-refractivity contribution in [3.05, 3.63) is 0 Å². The molecule has 0 radical (unpaired) electrons. The van der Waals surface area contributed by atoms with Gasteiger partial charge in [0.1, 0.15) is 6.10 Å². The highest BCUT2D eigenvalue weighted by Gasteiger charge is 2.83. The van der Waals surface area contributed by atoms with Crippen LogP contribution in [0.4, 0.5) is 0 Å². The zero-order valence-electron chi connectivity index (χ0n) is 14.5. The average Bonchev–Trinajstić information content (AvgIpc) is 2.69. The number of ether oxygens (including phenoxy) is 2. The first-order valence-electron chi connectivity index (χ1n) is 9.21. The molecule has 8 unspecified atom stereocenters. The normalized spacial score (nSPS) is 61.4. The van der Waals surface area contributed by atoms with Gasteiger partial charge in [-0.3, -0.25) is 4.99 Å². The Hall–Kier alpha value is -0.650. The molecule has 3 heterocycles. The van der Waals surface area contributed by atoms with Gasteiger partial charge in [0.15, 0.2) is 5.90 Å². The molecule has 2 aliphatic carbocycles. The highest BCUT2D eigenvalue weighted by atomic mass is 17.2. The lowest BCUT2D eigenvalue weighted by Gasteiger charge is -2.76. The third-order valence-corrected chi connectivity index (χ3v) is 7.76. The Morgan fingerprint density at radius 1 is 1.17 bits per heavy atom. The van der Waals surface area contributed by atoms with Crippen molar-refractivity contribution in [1.82, 2.24) is 0 Å². The van der Waals surface area contributed by atoms with Crippen LogP contribution in [-0.4, -0.2) is 30.6 Å². The maximum Gasteiger partial charge on any atom is 0.208 e. The highest BCUT2D eigenvalue weighted by Crippen LogP contribution is 2.79.